The Balaban J connectivity index is 1.62. The minimum absolute atomic E-state index is 0.355. The van der Waals surface area contributed by atoms with E-state index in [0.29, 0.717) is 5.75 Å². The number of hydrogen-bond acceptors (Lipinski definition) is 7. The van der Waals surface area contributed by atoms with E-state index in [1.807, 2.05) is 35.8 Å². The van der Waals surface area contributed by atoms with Crippen LogP contribution in [-0.2, 0) is 4.79 Å². The number of hydrazine groups is 1. The van der Waals surface area contributed by atoms with Crippen molar-refractivity contribution < 1.29 is 24.2 Å². The van der Waals surface area contributed by atoms with E-state index >= 15 is 0 Å². The lowest BCUT2D eigenvalue weighted by molar-refractivity contribution is -0.394. The van der Waals surface area contributed by atoms with Crippen LogP contribution in [0, 0.1) is 20.2 Å². The fraction of sp³-hybridized carbons (Fsp3) is 0.0526. The van der Waals surface area contributed by atoms with Crippen molar-refractivity contribution in [3.8, 4) is 5.75 Å². The zero-order valence-electron chi connectivity index (χ0n) is 15.2. The highest BCUT2D eigenvalue weighted by molar-refractivity contribution is 5.96. The minimum Gasteiger partial charge on any atom is -0.483 e. The number of non-ortho nitro benzene ring substituents is 2. The number of fused-ring (bicyclic) bond motifs is 1. The molecule has 0 fully saturated rings. The van der Waals surface area contributed by atoms with Crippen molar-refractivity contribution >= 4 is 34.0 Å². The largest absolute Gasteiger partial charge is 0.483 e. The number of nitro benzene ring substituents is 2. The van der Waals surface area contributed by atoms with Crippen molar-refractivity contribution in [1.29, 1.82) is 0 Å². The molecule has 0 aliphatic heterocycles. The van der Waals surface area contributed by atoms with Crippen molar-refractivity contribution in [3.05, 3.63) is 86.5 Å². The average molecular weight is 410 g/mol. The summed E-state index contributed by atoms with van der Waals surface area (Å²) >= 11 is 0. The summed E-state index contributed by atoms with van der Waals surface area (Å²) in [4.78, 5) is 44.2. The van der Waals surface area contributed by atoms with E-state index in [9.17, 15) is 29.8 Å². The van der Waals surface area contributed by atoms with Gasteiger partial charge in [-0.25, -0.2) is 0 Å². The molecule has 0 radical (unpaired) electrons. The van der Waals surface area contributed by atoms with Gasteiger partial charge < -0.3 is 4.74 Å². The second-order valence-electron chi connectivity index (χ2n) is 6.02. The van der Waals surface area contributed by atoms with Gasteiger partial charge in [0.25, 0.3) is 23.2 Å². The van der Waals surface area contributed by atoms with E-state index in [1.165, 1.54) is 0 Å². The lowest BCUT2D eigenvalue weighted by Crippen LogP contribution is -2.43. The predicted octanol–water partition coefficient (Wildman–Crippen LogP) is 2.50. The van der Waals surface area contributed by atoms with E-state index in [4.69, 9.17) is 4.74 Å². The van der Waals surface area contributed by atoms with Gasteiger partial charge in [0, 0.05) is 17.5 Å². The smallest absolute Gasteiger partial charge is 0.277 e. The third-order valence-corrected chi connectivity index (χ3v) is 4.01. The molecule has 0 aliphatic carbocycles. The van der Waals surface area contributed by atoms with Crippen LogP contribution >= 0.6 is 0 Å². The molecular formula is C19H14N4O7. The first-order valence-corrected chi connectivity index (χ1v) is 8.49. The Morgan fingerprint density at radius 1 is 0.867 bits per heavy atom. The normalized spacial score (nSPS) is 10.3. The summed E-state index contributed by atoms with van der Waals surface area (Å²) < 4.78 is 5.48. The van der Waals surface area contributed by atoms with Gasteiger partial charge in [-0.2, -0.15) is 0 Å². The van der Waals surface area contributed by atoms with Gasteiger partial charge in [0.2, 0.25) is 0 Å². The van der Waals surface area contributed by atoms with Gasteiger partial charge in [-0.3, -0.25) is 40.7 Å². The number of carbonyl (C=O) groups excluding carboxylic acids is 2. The molecule has 0 heterocycles. The predicted molar refractivity (Wildman–Crippen MR) is 105 cm³/mol. The van der Waals surface area contributed by atoms with E-state index in [-0.39, 0.29) is 5.56 Å². The van der Waals surface area contributed by atoms with Crippen molar-refractivity contribution in [3.63, 3.8) is 0 Å². The van der Waals surface area contributed by atoms with Crippen molar-refractivity contribution in [2.45, 2.75) is 0 Å². The van der Waals surface area contributed by atoms with E-state index in [2.05, 4.69) is 5.43 Å². The molecule has 11 nitrogen and oxygen atoms in total. The summed E-state index contributed by atoms with van der Waals surface area (Å²) in [6.07, 6.45) is 0. The zero-order valence-corrected chi connectivity index (χ0v) is 15.2. The molecule has 0 spiro atoms. The highest BCUT2D eigenvalue weighted by Gasteiger charge is 2.20. The molecular weight excluding hydrogens is 396 g/mol. The van der Waals surface area contributed by atoms with Gasteiger partial charge in [-0.05, 0) is 11.5 Å². The Kier molecular flexibility index (Phi) is 5.82. The lowest BCUT2D eigenvalue weighted by atomic mass is 10.1. The highest BCUT2D eigenvalue weighted by atomic mass is 16.6. The Bertz CT molecular complexity index is 1130. The lowest BCUT2D eigenvalue weighted by Gasteiger charge is -2.10. The first-order valence-electron chi connectivity index (χ1n) is 8.49. The number of hydrogen-bond donors (Lipinski definition) is 2. The molecule has 0 saturated heterocycles. The van der Waals surface area contributed by atoms with Crippen molar-refractivity contribution in [2.75, 3.05) is 6.61 Å². The second-order valence-corrected chi connectivity index (χ2v) is 6.02. The molecule has 30 heavy (non-hydrogen) atoms. The van der Waals surface area contributed by atoms with Crippen LogP contribution in [-0.4, -0.2) is 28.3 Å². The number of nitro groups is 2. The molecule has 3 aromatic rings. The molecule has 11 heteroatoms. The fourth-order valence-corrected chi connectivity index (χ4v) is 2.64. The maximum absolute atomic E-state index is 12.1. The fourth-order valence-electron chi connectivity index (χ4n) is 2.64. The topological polar surface area (TPSA) is 154 Å². The molecule has 3 aromatic carbocycles. The van der Waals surface area contributed by atoms with E-state index in [1.54, 1.807) is 12.1 Å². The van der Waals surface area contributed by atoms with Crippen molar-refractivity contribution in [1.82, 2.24) is 10.9 Å². The summed E-state index contributed by atoms with van der Waals surface area (Å²) in [5.41, 5.74) is 2.53. The molecule has 0 atom stereocenters. The first kappa shape index (κ1) is 20.2. The summed E-state index contributed by atoms with van der Waals surface area (Å²) in [6.45, 7) is -0.413. The molecule has 0 bridgehead atoms. The molecule has 152 valence electrons. The Morgan fingerprint density at radius 2 is 1.50 bits per heavy atom. The number of rotatable bonds is 6. The maximum atomic E-state index is 12.1. The van der Waals surface area contributed by atoms with E-state index in [0.717, 1.165) is 29.0 Å². The third-order valence-electron chi connectivity index (χ3n) is 4.01. The van der Waals surface area contributed by atoms with Gasteiger partial charge in [0.05, 0.1) is 21.5 Å². The molecule has 0 saturated carbocycles. The number of ether oxygens (including phenoxy) is 1. The molecule has 0 aromatic heterocycles. The Morgan fingerprint density at radius 3 is 2.17 bits per heavy atom. The van der Waals surface area contributed by atoms with Gasteiger partial charge in [-0.15, -0.1) is 0 Å². The zero-order chi connectivity index (χ0) is 21.7. The molecule has 0 unspecified atom stereocenters. The standard InChI is InChI=1S/C19H14N4O7/c24-18(11-30-17-7-3-5-12-4-1-2-6-16(12)17)20-21-19(25)13-8-14(22(26)27)10-15(9-13)23(28)29/h1-10H,11H2,(H,20,24)(H,21,25). The van der Waals surface area contributed by atoms with Gasteiger partial charge >= 0.3 is 0 Å². The van der Waals surface area contributed by atoms with Crippen LogP contribution in [0.5, 0.6) is 5.75 Å². The number of nitrogens with one attached hydrogen (secondary N) is 2. The minimum atomic E-state index is -0.958. The van der Waals surface area contributed by atoms with Gasteiger partial charge in [0.15, 0.2) is 6.61 Å². The monoisotopic (exact) mass is 410 g/mol. The van der Waals surface area contributed by atoms with Crippen LogP contribution < -0.4 is 15.6 Å². The van der Waals surface area contributed by atoms with E-state index < -0.39 is 39.6 Å². The summed E-state index contributed by atoms with van der Waals surface area (Å²) in [7, 11) is 0. The van der Waals surface area contributed by atoms with Gasteiger partial charge in [-0.1, -0.05) is 36.4 Å². The quantitative estimate of drug-likeness (QED) is 0.467. The average Bonchev–Trinajstić information content (AvgIpc) is 2.75. The SMILES string of the molecule is O=C(COc1cccc2ccccc12)NNC(=O)c1cc([N+](=O)[O-])cc([N+](=O)[O-])c1. The van der Waals surface area contributed by atoms with Crippen LogP contribution in [0.2, 0.25) is 0 Å². The van der Waals surface area contributed by atoms with Crippen LogP contribution in [0.15, 0.2) is 60.7 Å². The summed E-state index contributed by atoms with van der Waals surface area (Å²) in [6, 6.07) is 15.2. The number of benzene rings is 3. The molecule has 2 N–H and O–H groups in total. The molecule has 2 amide bonds. The Hall–Kier alpha value is -4.54. The van der Waals surface area contributed by atoms with Crippen LogP contribution in [0.4, 0.5) is 11.4 Å². The summed E-state index contributed by atoms with van der Waals surface area (Å²) in [5, 5.41) is 23.5. The highest BCUT2D eigenvalue weighted by Crippen LogP contribution is 2.25. The van der Waals surface area contributed by atoms with Crippen LogP contribution in [0.3, 0.4) is 0 Å². The second kappa shape index (κ2) is 8.65. The van der Waals surface area contributed by atoms with Crippen LogP contribution in [0.1, 0.15) is 10.4 Å². The number of nitrogens with zero attached hydrogens (tertiary/aromatic N) is 2. The molecule has 3 rings (SSSR count). The number of carbonyl (C=O) groups is 2. The van der Waals surface area contributed by atoms with Gasteiger partial charge in [0.1, 0.15) is 5.75 Å². The Labute approximate surface area is 168 Å². The third kappa shape index (κ3) is 4.65. The maximum Gasteiger partial charge on any atom is 0.277 e. The van der Waals surface area contributed by atoms with Crippen LogP contribution in [0.25, 0.3) is 10.8 Å². The summed E-state index contributed by atoms with van der Waals surface area (Å²) in [5.74, 6) is -1.18. The first-order chi connectivity index (χ1) is 14.3. The van der Waals surface area contributed by atoms with Crippen molar-refractivity contribution in [2.24, 2.45) is 0 Å². The molecule has 0 aliphatic rings. The number of amides is 2.